The van der Waals surface area contributed by atoms with Crippen LogP contribution in [0.15, 0.2) is 47.1 Å². The van der Waals surface area contributed by atoms with Crippen molar-refractivity contribution in [2.75, 3.05) is 13.7 Å². The second-order valence-corrected chi connectivity index (χ2v) is 4.74. The number of carbonyl (C=O) groups is 1. The molecule has 1 aromatic carbocycles. The highest BCUT2D eigenvalue weighted by molar-refractivity contribution is 5.70. The molecule has 1 atom stereocenters. The highest BCUT2D eigenvalue weighted by Gasteiger charge is 2.26. The molecule has 1 heterocycles. The van der Waals surface area contributed by atoms with Gasteiger partial charge < -0.3 is 19.8 Å². The van der Waals surface area contributed by atoms with Crippen LogP contribution in [0.2, 0.25) is 0 Å². The van der Waals surface area contributed by atoms with E-state index in [0.717, 1.165) is 17.0 Å². The van der Waals surface area contributed by atoms with Crippen LogP contribution >= 0.6 is 0 Å². The van der Waals surface area contributed by atoms with Crippen molar-refractivity contribution >= 4 is 18.4 Å². The van der Waals surface area contributed by atoms with E-state index in [1.165, 1.54) is 0 Å². The zero-order valence-electron chi connectivity index (χ0n) is 12.3. The van der Waals surface area contributed by atoms with Gasteiger partial charge in [0.25, 0.3) is 0 Å². The monoisotopic (exact) mass is 302 g/mol. The van der Waals surface area contributed by atoms with E-state index in [-0.39, 0.29) is 13.0 Å². The molecule has 1 aliphatic rings. The van der Waals surface area contributed by atoms with Crippen LogP contribution in [0.25, 0.3) is 5.70 Å². The number of ether oxygens (including phenoxy) is 1. The van der Waals surface area contributed by atoms with E-state index in [4.69, 9.17) is 9.84 Å². The van der Waals surface area contributed by atoms with Crippen LogP contribution in [-0.2, 0) is 4.79 Å². The lowest BCUT2D eigenvalue weighted by atomic mass is 10.1. The quantitative estimate of drug-likeness (QED) is 0.782. The molecule has 0 amide bonds. The molecule has 0 saturated heterocycles. The van der Waals surface area contributed by atoms with Crippen LogP contribution in [0.5, 0.6) is 5.75 Å². The van der Waals surface area contributed by atoms with Crippen LogP contribution in [-0.4, -0.2) is 47.7 Å². The van der Waals surface area contributed by atoms with Crippen LogP contribution < -0.4 is 4.74 Å². The first-order chi connectivity index (χ1) is 10.6. The smallest absolute Gasteiger partial charge is 0.305 e. The van der Waals surface area contributed by atoms with E-state index in [1.54, 1.807) is 24.2 Å². The van der Waals surface area contributed by atoms with E-state index in [1.807, 2.05) is 24.3 Å². The molecule has 1 unspecified atom stereocenters. The minimum absolute atomic E-state index is 0.0883. The first-order valence-corrected chi connectivity index (χ1v) is 6.76. The van der Waals surface area contributed by atoms with Gasteiger partial charge in [-0.3, -0.25) is 9.79 Å². The molecule has 6 nitrogen and oxygen atoms in total. The lowest BCUT2D eigenvalue weighted by Crippen LogP contribution is -2.38. The summed E-state index contributed by atoms with van der Waals surface area (Å²) < 4.78 is 5.12. The predicted octanol–water partition coefficient (Wildman–Crippen LogP) is 1.73. The largest absolute Gasteiger partial charge is 0.497 e. The number of benzene rings is 1. The fourth-order valence-electron chi connectivity index (χ4n) is 2.25. The summed E-state index contributed by atoms with van der Waals surface area (Å²) in [5, 5.41) is 19.2. The average Bonchev–Trinajstić information content (AvgIpc) is 2.53. The molecule has 1 aromatic rings. The number of methoxy groups -OCH3 is 1. The number of carboxylic acids is 1. The van der Waals surface area contributed by atoms with Gasteiger partial charge in [0, 0.05) is 12.2 Å². The maximum Gasteiger partial charge on any atom is 0.305 e. The molecule has 22 heavy (non-hydrogen) atoms. The van der Waals surface area contributed by atoms with Crippen molar-refractivity contribution in [2.45, 2.75) is 12.6 Å². The number of hydrogen-bond donors (Lipinski definition) is 2. The average molecular weight is 302 g/mol. The van der Waals surface area contributed by atoms with Gasteiger partial charge in [-0.2, -0.15) is 0 Å². The molecule has 0 aliphatic carbocycles. The van der Waals surface area contributed by atoms with E-state index in [9.17, 15) is 9.90 Å². The number of hydrogen-bond acceptors (Lipinski definition) is 5. The topological polar surface area (TPSA) is 82.4 Å². The third-order valence-electron chi connectivity index (χ3n) is 3.42. The number of aliphatic imine (C=N–C) groups is 1. The summed E-state index contributed by atoms with van der Waals surface area (Å²) in [6.45, 7) is 3.59. The summed E-state index contributed by atoms with van der Waals surface area (Å²) >= 11 is 0. The molecule has 0 saturated carbocycles. The lowest BCUT2D eigenvalue weighted by Gasteiger charge is -2.34. The summed E-state index contributed by atoms with van der Waals surface area (Å²) in [6, 6.07) is 7.32. The molecule has 0 aromatic heterocycles. The molecule has 2 rings (SSSR count). The van der Waals surface area contributed by atoms with Crippen LogP contribution in [0.3, 0.4) is 0 Å². The maximum atomic E-state index is 10.8. The van der Waals surface area contributed by atoms with Crippen molar-refractivity contribution in [3.05, 3.63) is 47.7 Å². The summed E-state index contributed by atoms with van der Waals surface area (Å²) in [4.78, 5) is 16.2. The Bertz CT molecular complexity index is 620. The van der Waals surface area contributed by atoms with Crippen LogP contribution in [0, 0.1) is 0 Å². The van der Waals surface area contributed by atoms with E-state index in [2.05, 4.69) is 11.7 Å². The Morgan fingerprint density at radius 2 is 2.05 bits per heavy atom. The highest BCUT2D eigenvalue weighted by Crippen LogP contribution is 2.29. The van der Waals surface area contributed by atoms with Crippen molar-refractivity contribution < 1.29 is 19.7 Å². The molecular formula is C16H18N2O4. The third kappa shape index (κ3) is 3.35. The molecular weight excluding hydrogens is 284 g/mol. The minimum Gasteiger partial charge on any atom is -0.497 e. The maximum absolute atomic E-state index is 10.8. The first-order valence-electron chi connectivity index (χ1n) is 6.76. The summed E-state index contributed by atoms with van der Waals surface area (Å²) in [5.74, 6) is -0.203. The van der Waals surface area contributed by atoms with Crippen LogP contribution in [0.4, 0.5) is 0 Å². The van der Waals surface area contributed by atoms with Gasteiger partial charge in [-0.15, -0.1) is 0 Å². The van der Waals surface area contributed by atoms with Gasteiger partial charge in [0.1, 0.15) is 5.75 Å². The van der Waals surface area contributed by atoms with Gasteiger partial charge in [0.05, 0.1) is 19.2 Å². The Balaban J connectivity index is 2.34. The lowest BCUT2D eigenvalue weighted by molar-refractivity contribution is -0.137. The number of carboxylic acid groups (broad SMARTS) is 1. The van der Waals surface area contributed by atoms with Crippen molar-refractivity contribution in [3.63, 3.8) is 0 Å². The number of rotatable bonds is 6. The summed E-state index contributed by atoms with van der Waals surface area (Å²) in [7, 11) is 1.59. The van der Waals surface area contributed by atoms with Gasteiger partial charge in [0.2, 0.25) is 0 Å². The van der Waals surface area contributed by atoms with Crippen molar-refractivity contribution in [1.82, 2.24) is 4.90 Å². The zero-order valence-corrected chi connectivity index (χ0v) is 12.3. The van der Waals surface area contributed by atoms with E-state index in [0.29, 0.717) is 5.70 Å². The van der Waals surface area contributed by atoms with Crippen molar-refractivity contribution in [1.29, 1.82) is 0 Å². The van der Waals surface area contributed by atoms with Gasteiger partial charge in [-0.05, 0) is 48.7 Å². The second kappa shape index (κ2) is 6.91. The summed E-state index contributed by atoms with van der Waals surface area (Å²) in [5.41, 5.74) is 1.97. The molecule has 0 radical (unpaired) electrons. The number of nitrogens with zero attached hydrogens (tertiary/aromatic N) is 2. The standard InChI is InChI=1S/C16H18N2O4/c1-17-13-7-8-14(11-3-5-12(22-2)6-4-11)18(16(13)21)10-9-15(19)20/h3-8,16,21H,1,9-10H2,2H3,(H,19,20). The molecule has 0 spiro atoms. The number of aliphatic carboxylic acids is 1. The van der Waals surface area contributed by atoms with Crippen molar-refractivity contribution in [3.8, 4) is 5.75 Å². The molecule has 2 N–H and O–H groups in total. The van der Waals surface area contributed by atoms with E-state index < -0.39 is 12.2 Å². The Kier molecular flexibility index (Phi) is 4.95. The SMILES string of the molecule is C=NC1=CC=C(c2ccc(OC)cc2)N(CCC(=O)O)C1O. The molecule has 0 fully saturated rings. The molecule has 116 valence electrons. The van der Waals surface area contributed by atoms with E-state index >= 15 is 0 Å². The molecule has 0 bridgehead atoms. The predicted molar refractivity (Wildman–Crippen MR) is 83.6 cm³/mol. The fourth-order valence-corrected chi connectivity index (χ4v) is 2.25. The Labute approximate surface area is 128 Å². The first kappa shape index (κ1) is 15.8. The highest BCUT2D eigenvalue weighted by atomic mass is 16.5. The minimum atomic E-state index is -1.01. The second-order valence-electron chi connectivity index (χ2n) is 4.74. The molecule has 6 heteroatoms. The van der Waals surface area contributed by atoms with Gasteiger partial charge in [-0.1, -0.05) is 0 Å². The third-order valence-corrected chi connectivity index (χ3v) is 3.42. The summed E-state index contributed by atoms with van der Waals surface area (Å²) in [6.07, 6.45) is 2.36. The number of aliphatic hydroxyl groups is 1. The normalized spacial score (nSPS) is 17.5. The van der Waals surface area contributed by atoms with Gasteiger partial charge in [-0.25, -0.2) is 0 Å². The van der Waals surface area contributed by atoms with Gasteiger partial charge in [0.15, 0.2) is 6.23 Å². The van der Waals surface area contributed by atoms with Crippen LogP contribution in [0.1, 0.15) is 12.0 Å². The Morgan fingerprint density at radius 1 is 1.36 bits per heavy atom. The van der Waals surface area contributed by atoms with Crippen molar-refractivity contribution in [2.24, 2.45) is 4.99 Å². The number of allylic oxidation sites excluding steroid dienone is 2. The Morgan fingerprint density at radius 3 is 2.59 bits per heavy atom. The zero-order chi connectivity index (χ0) is 16.1. The fraction of sp³-hybridized carbons (Fsp3) is 0.250. The molecule has 1 aliphatic heterocycles. The number of aliphatic hydroxyl groups excluding tert-OH is 1. The van der Waals surface area contributed by atoms with Gasteiger partial charge >= 0.3 is 5.97 Å². The Hall–Kier alpha value is -2.60.